The minimum absolute atomic E-state index is 0. The van der Waals surface area contributed by atoms with Crippen molar-refractivity contribution in [1.82, 2.24) is 0 Å². The Kier molecular flexibility index (Phi) is 25.5. The van der Waals surface area contributed by atoms with E-state index < -0.39 is 7.82 Å². The Morgan fingerprint density at radius 3 is 1.12 bits per heavy atom. The molecule has 0 rings (SSSR count). The third kappa shape index (κ3) is 94.1. The van der Waals surface area contributed by atoms with Gasteiger partial charge in [0.1, 0.15) is 0 Å². The van der Waals surface area contributed by atoms with Crippen LogP contribution in [0.25, 0.3) is 0 Å². The molecule has 8 heteroatoms. The van der Waals surface area contributed by atoms with Gasteiger partial charge in [-0.1, -0.05) is 0 Å². The van der Waals surface area contributed by atoms with E-state index in [1.165, 1.54) is 0 Å². The van der Waals surface area contributed by atoms with Gasteiger partial charge in [0.05, 0.1) is 0 Å². The Morgan fingerprint density at radius 1 is 1.12 bits per heavy atom. The maximum atomic E-state index is 8.88. The molecule has 5 nitrogen and oxygen atoms in total. The molecule has 0 aromatic heterocycles. The van der Waals surface area contributed by atoms with Crippen molar-refractivity contribution in [3.63, 3.8) is 0 Å². The van der Waals surface area contributed by atoms with E-state index in [4.69, 9.17) is 19.2 Å². The SMILES string of the molecule is O.O=P(O)(O)O.[H-].[H-].[Na+].[Na+]. The van der Waals surface area contributed by atoms with Crippen LogP contribution in [0.2, 0.25) is 0 Å². The molecule has 0 aromatic rings. The molecule has 5 N–H and O–H groups in total. The van der Waals surface area contributed by atoms with Crippen molar-refractivity contribution in [1.29, 1.82) is 0 Å². The number of rotatable bonds is 0. The second-order valence-electron chi connectivity index (χ2n) is 0.513. The molecule has 0 fully saturated rings. The predicted octanol–water partition coefficient (Wildman–Crippen LogP) is -7.52. The fraction of sp³-hybridized carbons (Fsp3) is 0. The van der Waals surface area contributed by atoms with Gasteiger partial charge in [-0.3, -0.25) is 0 Å². The van der Waals surface area contributed by atoms with Crippen LogP contribution in [0, 0.1) is 0 Å². The molecule has 0 aliphatic rings. The molecule has 0 heterocycles. The Morgan fingerprint density at radius 2 is 1.12 bits per heavy atom. The maximum absolute atomic E-state index is 8.88. The van der Waals surface area contributed by atoms with E-state index in [9.17, 15) is 0 Å². The monoisotopic (exact) mass is 164 g/mol. The Hall–Kier alpha value is 2.07. The normalized spacial score (nSPS) is 7.38. The van der Waals surface area contributed by atoms with Crippen molar-refractivity contribution in [2.75, 3.05) is 0 Å². The van der Waals surface area contributed by atoms with Crippen molar-refractivity contribution in [3.8, 4) is 0 Å². The minimum Gasteiger partial charge on any atom is -1.00 e. The van der Waals surface area contributed by atoms with Gasteiger partial charge < -0.3 is 23.0 Å². The number of hydrogen-bond acceptors (Lipinski definition) is 1. The zero-order chi connectivity index (χ0) is 4.50. The van der Waals surface area contributed by atoms with Gasteiger partial charge in [-0.2, -0.15) is 0 Å². The Labute approximate surface area is 93.6 Å². The van der Waals surface area contributed by atoms with Gasteiger partial charge in [-0.15, -0.1) is 0 Å². The second-order valence-corrected chi connectivity index (χ2v) is 1.54. The zero-order valence-corrected chi connectivity index (χ0v) is 9.59. The fourth-order valence-corrected chi connectivity index (χ4v) is 0. The van der Waals surface area contributed by atoms with Crippen molar-refractivity contribution >= 4 is 7.82 Å². The third-order valence-corrected chi connectivity index (χ3v) is 0. The molecule has 0 spiro atoms. The van der Waals surface area contributed by atoms with E-state index in [1.807, 2.05) is 0 Å². The van der Waals surface area contributed by atoms with Gasteiger partial charge in [-0.25, -0.2) is 4.57 Å². The molecule has 0 aliphatic heterocycles. The Balaban J connectivity index is -0.00000000800. The molecule has 0 radical (unpaired) electrons. The summed E-state index contributed by atoms with van der Waals surface area (Å²) in [5.41, 5.74) is 0. The van der Waals surface area contributed by atoms with Crippen molar-refractivity contribution in [2.45, 2.75) is 0 Å². The molecule has 8 heavy (non-hydrogen) atoms. The topological polar surface area (TPSA) is 109 Å². The summed E-state index contributed by atoms with van der Waals surface area (Å²) in [7, 11) is -4.64. The molecule has 0 bridgehead atoms. The van der Waals surface area contributed by atoms with Gasteiger partial charge >= 0.3 is 66.9 Å². The second kappa shape index (κ2) is 9.07. The summed E-state index contributed by atoms with van der Waals surface area (Å²) in [4.78, 5) is 21.6. The van der Waals surface area contributed by atoms with E-state index in [2.05, 4.69) is 0 Å². The first-order valence-corrected chi connectivity index (χ1v) is 2.35. The minimum atomic E-state index is -4.64. The van der Waals surface area contributed by atoms with Crippen LogP contribution in [0.3, 0.4) is 0 Å². The smallest absolute Gasteiger partial charge is 1.00 e. The van der Waals surface area contributed by atoms with Crippen LogP contribution in [-0.4, -0.2) is 20.2 Å². The summed E-state index contributed by atoms with van der Waals surface area (Å²) in [6.45, 7) is 0. The van der Waals surface area contributed by atoms with Gasteiger partial charge in [0.25, 0.3) is 0 Å². The van der Waals surface area contributed by atoms with Crippen LogP contribution in [0.4, 0.5) is 0 Å². The zero-order valence-electron chi connectivity index (χ0n) is 6.70. The van der Waals surface area contributed by atoms with E-state index >= 15 is 0 Å². The standard InChI is InChI=1S/2Na.H3O4P.H2O.2H/c;;1-5(2,3)4;;;/h;;(H3,1,2,3,4);1H2;;/q2*+1;;;2*-1. The molecular formula is H7Na2O5P. The molecule has 0 saturated carbocycles. The van der Waals surface area contributed by atoms with Gasteiger partial charge in [0, 0.05) is 0 Å². The summed E-state index contributed by atoms with van der Waals surface area (Å²) < 4.78 is 8.88. The van der Waals surface area contributed by atoms with E-state index in [1.54, 1.807) is 0 Å². The molecule has 0 unspecified atom stereocenters. The summed E-state index contributed by atoms with van der Waals surface area (Å²) in [5, 5.41) is 0. The van der Waals surface area contributed by atoms with Gasteiger partial charge in [0.2, 0.25) is 0 Å². The average Bonchev–Trinajstić information content (AvgIpc) is 0.722. The average molecular weight is 164 g/mol. The van der Waals surface area contributed by atoms with Gasteiger partial charge in [0.15, 0.2) is 0 Å². The molecule has 0 aliphatic carbocycles. The van der Waals surface area contributed by atoms with Crippen molar-refractivity contribution in [2.24, 2.45) is 0 Å². The molecule has 0 atom stereocenters. The van der Waals surface area contributed by atoms with Crippen LogP contribution >= 0.6 is 7.82 Å². The Bertz CT molecular complexity index is 63.8. The van der Waals surface area contributed by atoms with Crippen molar-refractivity contribution < 1.29 is 86.7 Å². The molecule has 44 valence electrons. The van der Waals surface area contributed by atoms with E-state index in [0.29, 0.717) is 0 Å². The molecule has 0 amide bonds. The van der Waals surface area contributed by atoms with Crippen LogP contribution < -0.4 is 59.1 Å². The largest absolute Gasteiger partial charge is 1.00 e. The van der Waals surface area contributed by atoms with Crippen LogP contribution in [-0.2, 0) is 4.57 Å². The van der Waals surface area contributed by atoms with Gasteiger partial charge in [-0.05, 0) is 0 Å². The molecule has 0 saturated heterocycles. The third-order valence-electron chi connectivity index (χ3n) is 0. The molecule has 0 aromatic carbocycles. The summed E-state index contributed by atoms with van der Waals surface area (Å²) in [6, 6.07) is 0. The predicted molar refractivity (Wildman–Crippen MR) is 20.1 cm³/mol. The number of phosphoric acid groups is 1. The maximum Gasteiger partial charge on any atom is 1.00 e. The molecular weight excluding hydrogens is 157 g/mol. The fourth-order valence-electron chi connectivity index (χ4n) is 0. The van der Waals surface area contributed by atoms with Crippen LogP contribution in [0.5, 0.6) is 0 Å². The summed E-state index contributed by atoms with van der Waals surface area (Å²) in [6.07, 6.45) is 0. The number of hydrogen-bond donors (Lipinski definition) is 3. The summed E-state index contributed by atoms with van der Waals surface area (Å²) in [5.74, 6) is 0. The quantitative estimate of drug-likeness (QED) is 0.244. The van der Waals surface area contributed by atoms with E-state index in [-0.39, 0.29) is 67.4 Å². The van der Waals surface area contributed by atoms with E-state index in [0.717, 1.165) is 0 Å². The first kappa shape index (κ1) is 22.5. The van der Waals surface area contributed by atoms with Crippen molar-refractivity contribution in [3.05, 3.63) is 0 Å². The first-order chi connectivity index (χ1) is 2.00. The van der Waals surface area contributed by atoms with Crippen LogP contribution in [0.1, 0.15) is 2.85 Å². The summed E-state index contributed by atoms with van der Waals surface area (Å²) >= 11 is 0. The first-order valence-electron chi connectivity index (χ1n) is 0.783. The van der Waals surface area contributed by atoms with Crippen LogP contribution in [0.15, 0.2) is 0 Å².